The average Bonchev–Trinajstić information content (AvgIpc) is 2.90. The van der Waals surface area contributed by atoms with Gasteiger partial charge in [0.05, 0.1) is 30.7 Å². The van der Waals surface area contributed by atoms with E-state index in [9.17, 15) is 14.4 Å². The molecule has 2 fully saturated rings. The predicted octanol–water partition coefficient (Wildman–Crippen LogP) is 1.59. The molecule has 3 rings (SSSR count). The van der Waals surface area contributed by atoms with Crippen molar-refractivity contribution in [1.82, 2.24) is 4.90 Å². The number of nitrogens with zero attached hydrogens (tertiary/aromatic N) is 2. The Labute approximate surface area is 141 Å². The molecule has 0 radical (unpaired) electrons. The molecule has 0 bridgehead atoms. The number of ether oxygens (including phenoxy) is 1. The second-order valence-corrected chi connectivity index (χ2v) is 6.19. The van der Waals surface area contributed by atoms with E-state index >= 15 is 0 Å². The number of imide groups is 1. The first-order valence-corrected chi connectivity index (χ1v) is 8.44. The Bertz CT molecular complexity index is 623. The first-order chi connectivity index (χ1) is 11.6. The molecule has 1 atom stereocenters. The molecule has 128 valence electrons. The summed E-state index contributed by atoms with van der Waals surface area (Å²) >= 11 is 0. The zero-order valence-corrected chi connectivity index (χ0v) is 13.8. The van der Waals surface area contributed by atoms with Crippen molar-refractivity contribution in [3.05, 3.63) is 30.3 Å². The lowest BCUT2D eigenvalue weighted by Gasteiger charge is -2.33. The Morgan fingerprint density at radius 1 is 1.17 bits per heavy atom. The Hall–Kier alpha value is -2.21. The average molecular weight is 330 g/mol. The van der Waals surface area contributed by atoms with Crippen molar-refractivity contribution in [2.24, 2.45) is 5.92 Å². The zero-order chi connectivity index (χ0) is 17.1. The Balaban J connectivity index is 1.64. The highest BCUT2D eigenvalue weighted by molar-refractivity contribution is 6.22. The van der Waals surface area contributed by atoms with Gasteiger partial charge in [0.15, 0.2) is 0 Å². The van der Waals surface area contributed by atoms with Crippen molar-refractivity contribution in [1.29, 1.82) is 0 Å². The molecule has 0 aromatic heterocycles. The summed E-state index contributed by atoms with van der Waals surface area (Å²) in [5.41, 5.74) is 0.622. The van der Waals surface area contributed by atoms with Gasteiger partial charge in [0, 0.05) is 0 Å². The fourth-order valence-electron chi connectivity index (χ4n) is 3.46. The van der Waals surface area contributed by atoms with E-state index in [1.807, 2.05) is 23.1 Å². The molecule has 1 aromatic rings. The number of carbonyl (C=O) groups excluding carboxylic acids is 3. The lowest BCUT2D eigenvalue weighted by atomic mass is 9.95. The minimum absolute atomic E-state index is 0.0985. The molecule has 1 unspecified atom stereocenters. The minimum Gasteiger partial charge on any atom is -0.466 e. The molecular weight excluding hydrogens is 308 g/mol. The van der Waals surface area contributed by atoms with Crippen LogP contribution in [0.5, 0.6) is 0 Å². The molecule has 2 heterocycles. The summed E-state index contributed by atoms with van der Waals surface area (Å²) < 4.78 is 5.07. The quantitative estimate of drug-likeness (QED) is 0.619. The highest BCUT2D eigenvalue weighted by atomic mass is 16.5. The van der Waals surface area contributed by atoms with E-state index < -0.39 is 6.04 Å². The van der Waals surface area contributed by atoms with Crippen LogP contribution in [-0.4, -0.2) is 48.4 Å². The molecule has 0 spiro atoms. The van der Waals surface area contributed by atoms with Gasteiger partial charge >= 0.3 is 5.97 Å². The van der Waals surface area contributed by atoms with Gasteiger partial charge in [-0.2, -0.15) is 0 Å². The van der Waals surface area contributed by atoms with Crippen LogP contribution in [0.4, 0.5) is 5.69 Å². The molecule has 2 aliphatic rings. The van der Waals surface area contributed by atoms with Gasteiger partial charge < -0.3 is 4.74 Å². The number of anilines is 1. The van der Waals surface area contributed by atoms with E-state index in [1.165, 1.54) is 4.90 Å². The van der Waals surface area contributed by atoms with E-state index in [1.54, 1.807) is 19.1 Å². The number of benzene rings is 1. The van der Waals surface area contributed by atoms with E-state index in [-0.39, 0.29) is 30.1 Å². The first kappa shape index (κ1) is 16.6. The minimum atomic E-state index is -0.416. The second-order valence-electron chi connectivity index (χ2n) is 6.19. The summed E-state index contributed by atoms with van der Waals surface area (Å²) in [6.45, 7) is 3.46. The Morgan fingerprint density at radius 3 is 2.46 bits per heavy atom. The largest absolute Gasteiger partial charge is 0.466 e. The number of likely N-dealkylation sites (tertiary alicyclic amines) is 1. The summed E-state index contributed by atoms with van der Waals surface area (Å²) in [5, 5.41) is 0. The number of esters is 1. The van der Waals surface area contributed by atoms with E-state index in [2.05, 4.69) is 0 Å². The number of hydrogen-bond donors (Lipinski definition) is 0. The van der Waals surface area contributed by atoms with E-state index in [0.717, 1.165) is 0 Å². The Morgan fingerprint density at radius 2 is 1.83 bits per heavy atom. The highest BCUT2D eigenvalue weighted by Gasteiger charge is 2.43. The number of carbonyl (C=O) groups is 3. The van der Waals surface area contributed by atoms with Gasteiger partial charge in [-0.05, 0) is 45.0 Å². The summed E-state index contributed by atoms with van der Waals surface area (Å²) in [6, 6.07) is 8.60. The number of amides is 2. The van der Waals surface area contributed by atoms with Crippen molar-refractivity contribution < 1.29 is 19.1 Å². The van der Waals surface area contributed by atoms with Crippen LogP contribution in [0.3, 0.4) is 0 Å². The van der Waals surface area contributed by atoms with Crippen LogP contribution in [0.2, 0.25) is 0 Å². The maximum atomic E-state index is 12.7. The van der Waals surface area contributed by atoms with Crippen molar-refractivity contribution in [3.8, 4) is 0 Å². The fourth-order valence-corrected chi connectivity index (χ4v) is 3.46. The van der Waals surface area contributed by atoms with Crippen molar-refractivity contribution in [2.45, 2.75) is 32.2 Å². The molecular formula is C18H22N2O4. The van der Waals surface area contributed by atoms with Gasteiger partial charge in [0.1, 0.15) is 0 Å². The third-order valence-corrected chi connectivity index (χ3v) is 4.73. The summed E-state index contributed by atoms with van der Waals surface area (Å²) in [5.74, 6) is -0.583. The third-order valence-electron chi connectivity index (χ3n) is 4.73. The van der Waals surface area contributed by atoms with Crippen LogP contribution >= 0.6 is 0 Å². The van der Waals surface area contributed by atoms with Crippen molar-refractivity contribution >= 4 is 23.5 Å². The molecule has 2 saturated heterocycles. The maximum Gasteiger partial charge on any atom is 0.309 e. The summed E-state index contributed by atoms with van der Waals surface area (Å²) in [6.07, 6.45) is 1.54. The van der Waals surface area contributed by atoms with Gasteiger partial charge in [-0.15, -0.1) is 0 Å². The third kappa shape index (κ3) is 3.19. The maximum absolute atomic E-state index is 12.7. The normalized spacial score (nSPS) is 22.9. The summed E-state index contributed by atoms with van der Waals surface area (Å²) in [4.78, 5) is 40.1. The van der Waals surface area contributed by atoms with Crippen LogP contribution in [0, 0.1) is 5.92 Å². The van der Waals surface area contributed by atoms with Crippen LogP contribution in [0.15, 0.2) is 30.3 Å². The van der Waals surface area contributed by atoms with Crippen molar-refractivity contribution in [3.63, 3.8) is 0 Å². The monoisotopic (exact) mass is 330 g/mol. The Kier molecular flexibility index (Phi) is 4.94. The SMILES string of the molecule is CCOC(=O)C1CCN(C2CC(=O)N(c3ccccc3)C2=O)CC1. The van der Waals surface area contributed by atoms with Gasteiger partial charge in [0.25, 0.3) is 5.91 Å². The lowest BCUT2D eigenvalue weighted by molar-refractivity contribution is -0.149. The molecule has 1 aromatic carbocycles. The first-order valence-electron chi connectivity index (χ1n) is 8.44. The number of para-hydroxylation sites is 1. The molecule has 24 heavy (non-hydrogen) atoms. The van der Waals surface area contributed by atoms with Crippen LogP contribution in [-0.2, 0) is 19.1 Å². The van der Waals surface area contributed by atoms with Crippen LogP contribution in [0.25, 0.3) is 0 Å². The van der Waals surface area contributed by atoms with Gasteiger partial charge in [-0.1, -0.05) is 18.2 Å². The lowest BCUT2D eigenvalue weighted by Crippen LogP contribution is -2.47. The van der Waals surface area contributed by atoms with E-state index in [0.29, 0.717) is 38.2 Å². The predicted molar refractivity (Wildman–Crippen MR) is 88.3 cm³/mol. The smallest absolute Gasteiger partial charge is 0.309 e. The second kappa shape index (κ2) is 7.13. The van der Waals surface area contributed by atoms with Crippen LogP contribution < -0.4 is 4.90 Å². The zero-order valence-electron chi connectivity index (χ0n) is 13.8. The number of rotatable bonds is 4. The van der Waals surface area contributed by atoms with Gasteiger partial charge in [-0.25, -0.2) is 4.90 Å². The van der Waals surface area contributed by atoms with Crippen LogP contribution in [0.1, 0.15) is 26.2 Å². The fraction of sp³-hybridized carbons (Fsp3) is 0.500. The number of piperidine rings is 1. The van der Waals surface area contributed by atoms with Crippen molar-refractivity contribution in [2.75, 3.05) is 24.6 Å². The molecule has 6 heteroatoms. The molecule has 0 saturated carbocycles. The van der Waals surface area contributed by atoms with Gasteiger partial charge in [0.2, 0.25) is 5.91 Å². The van der Waals surface area contributed by atoms with Gasteiger partial charge in [-0.3, -0.25) is 19.3 Å². The molecule has 2 aliphatic heterocycles. The number of hydrogen-bond acceptors (Lipinski definition) is 5. The highest BCUT2D eigenvalue weighted by Crippen LogP contribution is 2.28. The molecule has 6 nitrogen and oxygen atoms in total. The topological polar surface area (TPSA) is 66.9 Å². The standard InChI is InChI=1S/C18H22N2O4/c1-2-24-18(23)13-8-10-19(11-9-13)15-12-16(21)20(17(15)22)14-6-4-3-5-7-14/h3-7,13,15H,2,8-12H2,1H3. The molecule has 0 N–H and O–H groups in total. The molecule has 0 aliphatic carbocycles. The molecule has 2 amide bonds. The van der Waals surface area contributed by atoms with E-state index in [4.69, 9.17) is 4.74 Å². The summed E-state index contributed by atoms with van der Waals surface area (Å²) in [7, 11) is 0.